The van der Waals surface area contributed by atoms with E-state index in [2.05, 4.69) is 30.7 Å². The molecule has 1 aliphatic heterocycles. The van der Waals surface area contributed by atoms with Crippen LogP contribution in [-0.4, -0.2) is 54.2 Å². The van der Waals surface area contributed by atoms with Gasteiger partial charge in [-0.25, -0.2) is 4.79 Å². The summed E-state index contributed by atoms with van der Waals surface area (Å²) < 4.78 is 0. The van der Waals surface area contributed by atoms with Gasteiger partial charge in [0.1, 0.15) is 0 Å². The topological polar surface area (TPSA) is 43.8 Å². The van der Waals surface area contributed by atoms with E-state index in [0.29, 0.717) is 19.0 Å². The molecule has 0 atom stereocenters. The fourth-order valence-corrected chi connectivity index (χ4v) is 2.00. The summed E-state index contributed by atoms with van der Waals surface area (Å²) in [5.74, 6) is 6.83. The normalized spacial score (nSPS) is 16.8. The first-order chi connectivity index (χ1) is 8.13. The van der Waals surface area contributed by atoms with Crippen molar-refractivity contribution in [1.29, 1.82) is 0 Å². The van der Waals surface area contributed by atoms with Gasteiger partial charge >= 0.3 is 6.09 Å². The molecule has 96 valence electrons. The monoisotopic (exact) mass is 238 g/mol. The van der Waals surface area contributed by atoms with Crippen LogP contribution >= 0.6 is 0 Å². The summed E-state index contributed by atoms with van der Waals surface area (Å²) in [5.41, 5.74) is 0. The van der Waals surface area contributed by atoms with E-state index in [4.69, 9.17) is 5.11 Å². The lowest BCUT2D eigenvalue weighted by Crippen LogP contribution is -2.37. The van der Waals surface area contributed by atoms with Crippen LogP contribution in [0, 0.1) is 17.8 Å². The van der Waals surface area contributed by atoms with E-state index in [9.17, 15) is 4.79 Å². The number of likely N-dealkylation sites (tertiary alicyclic amines) is 1. The smallest absolute Gasteiger partial charge is 0.407 e. The predicted octanol–water partition coefficient (Wildman–Crippen LogP) is 1.72. The first kappa shape index (κ1) is 13.9. The summed E-state index contributed by atoms with van der Waals surface area (Å²) in [5, 5.41) is 8.82. The Bertz CT molecular complexity index is 298. The summed E-state index contributed by atoms with van der Waals surface area (Å²) in [7, 11) is 2.07. The molecule has 0 saturated carbocycles. The molecule has 1 amide bonds. The van der Waals surface area contributed by atoms with Gasteiger partial charge in [-0.05, 0) is 32.9 Å². The lowest BCUT2D eigenvalue weighted by molar-refractivity contribution is 0.130. The van der Waals surface area contributed by atoms with Gasteiger partial charge in [0.15, 0.2) is 0 Å². The second kappa shape index (κ2) is 7.18. The molecule has 1 fully saturated rings. The Morgan fingerprint density at radius 3 is 2.65 bits per heavy atom. The average molecular weight is 238 g/mol. The van der Waals surface area contributed by atoms with Crippen LogP contribution in [0.2, 0.25) is 0 Å². The second-order valence-corrected chi connectivity index (χ2v) is 4.60. The van der Waals surface area contributed by atoms with E-state index < -0.39 is 6.09 Å². The average Bonchev–Trinajstić information content (AvgIpc) is 2.30. The lowest BCUT2D eigenvalue weighted by atomic mass is 9.98. The van der Waals surface area contributed by atoms with Crippen molar-refractivity contribution in [2.24, 2.45) is 5.92 Å². The minimum absolute atomic E-state index is 0.376. The van der Waals surface area contributed by atoms with E-state index in [1.54, 1.807) is 0 Å². The number of piperidine rings is 1. The van der Waals surface area contributed by atoms with Gasteiger partial charge in [0.05, 0.1) is 6.54 Å². The highest BCUT2D eigenvalue weighted by Crippen LogP contribution is 2.15. The number of hydrogen-bond acceptors (Lipinski definition) is 2. The first-order valence-electron chi connectivity index (χ1n) is 6.28. The molecular weight excluding hydrogens is 216 g/mol. The quantitative estimate of drug-likeness (QED) is 0.761. The lowest BCUT2D eigenvalue weighted by Gasteiger charge is -2.27. The standard InChI is InChI=1S/C13H22N2O2/c1-3-8-14(2)9-4-5-12-6-10-15(11-7-12)13(16)17/h12H,3,6-11H2,1-2H3,(H,16,17). The summed E-state index contributed by atoms with van der Waals surface area (Å²) in [6.45, 7) is 5.30. The molecule has 1 aliphatic rings. The van der Waals surface area contributed by atoms with Crippen molar-refractivity contribution >= 4 is 6.09 Å². The van der Waals surface area contributed by atoms with E-state index >= 15 is 0 Å². The van der Waals surface area contributed by atoms with Crippen LogP contribution in [0.4, 0.5) is 4.79 Å². The minimum Gasteiger partial charge on any atom is -0.465 e. The molecule has 0 unspecified atom stereocenters. The number of amides is 1. The maximum Gasteiger partial charge on any atom is 0.407 e. The largest absolute Gasteiger partial charge is 0.465 e. The fraction of sp³-hybridized carbons (Fsp3) is 0.769. The van der Waals surface area contributed by atoms with Crippen LogP contribution in [-0.2, 0) is 0 Å². The van der Waals surface area contributed by atoms with Crippen LogP contribution < -0.4 is 0 Å². The third-order valence-electron chi connectivity index (χ3n) is 3.03. The molecular formula is C13H22N2O2. The number of nitrogens with zero attached hydrogens (tertiary/aromatic N) is 2. The van der Waals surface area contributed by atoms with Gasteiger partial charge in [-0.2, -0.15) is 0 Å². The fourth-order valence-electron chi connectivity index (χ4n) is 2.00. The van der Waals surface area contributed by atoms with Crippen LogP contribution in [0.15, 0.2) is 0 Å². The van der Waals surface area contributed by atoms with E-state index in [-0.39, 0.29) is 0 Å². The molecule has 0 bridgehead atoms. The molecule has 1 heterocycles. The summed E-state index contributed by atoms with van der Waals surface area (Å²) in [4.78, 5) is 14.4. The van der Waals surface area contributed by atoms with Crippen molar-refractivity contribution in [3.05, 3.63) is 0 Å². The molecule has 17 heavy (non-hydrogen) atoms. The summed E-state index contributed by atoms with van der Waals surface area (Å²) in [6, 6.07) is 0. The van der Waals surface area contributed by atoms with Gasteiger partial charge in [-0.3, -0.25) is 4.90 Å². The predicted molar refractivity (Wildman–Crippen MR) is 67.9 cm³/mol. The molecule has 0 aromatic carbocycles. The zero-order valence-electron chi connectivity index (χ0n) is 10.8. The third kappa shape index (κ3) is 5.10. The Morgan fingerprint density at radius 2 is 2.12 bits per heavy atom. The van der Waals surface area contributed by atoms with Crippen LogP contribution in [0.3, 0.4) is 0 Å². The van der Waals surface area contributed by atoms with Gasteiger partial charge < -0.3 is 10.0 Å². The molecule has 0 spiro atoms. The minimum atomic E-state index is -0.806. The Balaban J connectivity index is 2.26. The van der Waals surface area contributed by atoms with Crippen molar-refractivity contribution in [3.8, 4) is 11.8 Å². The zero-order valence-corrected chi connectivity index (χ0v) is 10.8. The van der Waals surface area contributed by atoms with Crippen molar-refractivity contribution in [3.63, 3.8) is 0 Å². The van der Waals surface area contributed by atoms with Crippen molar-refractivity contribution in [1.82, 2.24) is 9.80 Å². The maximum absolute atomic E-state index is 10.7. The molecule has 4 nitrogen and oxygen atoms in total. The number of rotatable bonds is 3. The maximum atomic E-state index is 10.7. The highest BCUT2D eigenvalue weighted by atomic mass is 16.4. The second-order valence-electron chi connectivity index (χ2n) is 4.60. The van der Waals surface area contributed by atoms with Crippen LogP contribution in [0.5, 0.6) is 0 Å². The molecule has 0 aromatic heterocycles. The van der Waals surface area contributed by atoms with E-state index in [0.717, 1.165) is 32.4 Å². The Hall–Kier alpha value is -1.21. The van der Waals surface area contributed by atoms with Crippen molar-refractivity contribution < 1.29 is 9.90 Å². The van der Waals surface area contributed by atoms with E-state index in [1.165, 1.54) is 4.90 Å². The molecule has 4 heteroatoms. The summed E-state index contributed by atoms with van der Waals surface area (Å²) >= 11 is 0. The van der Waals surface area contributed by atoms with Gasteiger partial charge in [0.25, 0.3) is 0 Å². The van der Waals surface area contributed by atoms with Crippen molar-refractivity contribution in [2.75, 3.05) is 33.2 Å². The Morgan fingerprint density at radius 1 is 1.47 bits per heavy atom. The molecule has 1 saturated heterocycles. The molecule has 1 rings (SSSR count). The molecule has 1 N–H and O–H groups in total. The first-order valence-corrected chi connectivity index (χ1v) is 6.28. The SMILES string of the molecule is CCCN(C)CC#CC1CCN(C(=O)O)CC1. The highest BCUT2D eigenvalue weighted by molar-refractivity contribution is 5.65. The van der Waals surface area contributed by atoms with Gasteiger partial charge in [0, 0.05) is 19.0 Å². The van der Waals surface area contributed by atoms with Crippen molar-refractivity contribution in [2.45, 2.75) is 26.2 Å². The van der Waals surface area contributed by atoms with Crippen LogP contribution in [0.25, 0.3) is 0 Å². The Labute approximate surface area is 104 Å². The molecule has 0 aliphatic carbocycles. The Kier molecular flexibility index (Phi) is 5.85. The van der Waals surface area contributed by atoms with Gasteiger partial charge in [-0.15, -0.1) is 0 Å². The zero-order chi connectivity index (χ0) is 12.7. The number of carbonyl (C=O) groups is 1. The summed E-state index contributed by atoms with van der Waals surface area (Å²) in [6.07, 6.45) is 2.09. The molecule has 0 radical (unpaired) electrons. The number of carboxylic acid groups (broad SMARTS) is 1. The number of hydrogen-bond donors (Lipinski definition) is 1. The van der Waals surface area contributed by atoms with E-state index in [1.807, 2.05) is 0 Å². The van der Waals surface area contributed by atoms with Crippen LogP contribution in [0.1, 0.15) is 26.2 Å². The third-order valence-corrected chi connectivity index (χ3v) is 3.03. The highest BCUT2D eigenvalue weighted by Gasteiger charge is 2.20. The molecule has 0 aromatic rings. The van der Waals surface area contributed by atoms with Gasteiger partial charge in [-0.1, -0.05) is 18.8 Å². The van der Waals surface area contributed by atoms with Gasteiger partial charge in [0.2, 0.25) is 0 Å².